The Labute approximate surface area is 86.8 Å². The van der Waals surface area contributed by atoms with Gasteiger partial charge in [0.25, 0.3) is 0 Å². The van der Waals surface area contributed by atoms with E-state index in [4.69, 9.17) is 0 Å². The van der Waals surface area contributed by atoms with Crippen molar-refractivity contribution in [2.45, 2.75) is 45.3 Å². The van der Waals surface area contributed by atoms with Crippen LogP contribution >= 0.6 is 0 Å². The molecule has 0 rings (SSSR count). The fraction of sp³-hybridized carbons (Fsp3) is 0.900. The monoisotopic (exact) mass is 220 g/mol. The van der Waals surface area contributed by atoms with E-state index in [1.54, 1.807) is 0 Å². The highest BCUT2D eigenvalue weighted by Crippen LogP contribution is 2.21. The average Bonchev–Trinajstić information content (AvgIpc) is 2.01. The second-order valence-electron chi connectivity index (χ2n) is 4.42. The Kier molecular flexibility index (Phi) is 4.31. The number of ketones is 1. The van der Waals surface area contributed by atoms with Crippen LogP contribution in [0.3, 0.4) is 0 Å². The first kappa shape index (κ1) is 13.6. The van der Waals surface area contributed by atoms with Crippen molar-refractivity contribution in [2.24, 2.45) is 5.92 Å². The molecule has 4 heteroatoms. The zero-order valence-electron chi connectivity index (χ0n) is 9.62. The van der Waals surface area contributed by atoms with Crippen LogP contribution in [0.2, 0.25) is 0 Å². The summed E-state index contributed by atoms with van der Waals surface area (Å²) in [5.74, 6) is 0.0675. The van der Waals surface area contributed by atoms with Crippen LogP contribution in [0.4, 0.5) is 0 Å². The van der Waals surface area contributed by atoms with Crippen molar-refractivity contribution in [2.75, 3.05) is 6.26 Å². The quantitative estimate of drug-likeness (QED) is 0.710. The van der Waals surface area contributed by atoms with Crippen LogP contribution in [-0.4, -0.2) is 25.2 Å². The number of sulfone groups is 1. The molecule has 1 atom stereocenters. The molecule has 84 valence electrons. The van der Waals surface area contributed by atoms with Gasteiger partial charge in [0, 0.05) is 12.7 Å². The van der Waals surface area contributed by atoms with Gasteiger partial charge in [0.15, 0.2) is 15.6 Å². The molecule has 14 heavy (non-hydrogen) atoms. The lowest BCUT2D eigenvalue weighted by Gasteiger charge is -2.22. The fourth-order valence-corrected chi connectivity index (χ4v) is 1.41. The number of hydrogen-bond acceptors (Lipinski definition) is 3. The number of rotatable bonds is 5. The summed E-state index contributed by atoms with van der Waals surface area (Å²) < 4.78 is 21.4. The van der Waals surface area contributed by atoms with Gasteiger partial charge in [-0.3, -0.25) is 4.79 Å². The third-order valence-corrected chi connectivity index (χ3v) is 4.91. The smallest absolute Gasteiger partial charge is 0.159 e. The second kappa shape index (κ2) is 4.43. The predicted octanol–water partition coefficient (Wildman–Crippen LogP) is 1.81. The molecule has 0 N–H and O–H groups in total. The molecule has 3 nitrogen and oxygen atoms in total. The molecule has 0 saturated carbocycles. The van der Waals surface area contributed by atoms with Crippen LogP contribution < -0.4 is 0 Å². The lowest BCUT2D eigenvalue weighted by molar-refractivity contribution is -0.121. The van der Waals surface area contributed by atoms with Gasteiger partial charge < -0.3 is 0 Å². The minimum Gasteiger partial charge on any atom is -0.298 e. The van der Waals surface area contributed by atoms with E-state index < -0.39 is 14.6 Å². The van der Waals surface area contributed by atoms with Gasteiger partial charge in [0.1, 0.15) is 4.75 Å². The zero-order chi connectivity index (χ0) is 11.6. The van der Waals surface area contributed by atoms with E-state index in [0.717, 1.165) is 12.7 Å². The number of carbonyl (C=O) groups excluding carboxylic acids is 1. The van der Waals surface area contributed by atoms with Crippen molar-refractivity contribution in [3.63, 3.8) is 0 Å². The lowest BCUT2D eigenvalue weighted by atomic mass is 9.95. The van der Waals surface area contributed by atoms with Crippen LogP contribution in [0.5, 0.6) is 0 Å². The number of hydrogen-bond donors (Lipinski definition) is 0. The molecule has 0 aliphatic carbocycles. The minimum absolute atomic E-state index is 0.186. The van der Waals surface area contributed by atoms with E-state index in [1.807, 2.05) is 13.8 Å². The van der Waals surface area contributed by atoms with Gasteiger partial charge in [-0.25, -0.2) is 8.42 Å². The first-order chi connectivity index (χ1) is 6.13. The van der Waals surface area contributed by atoms with E-state index in [-0.39, 0.29) is 11.7 Å². The topological polar surface area (TPSA) is 51.2 Å². The number of carbonyl (C=O) groups is 1. The molecule has 0 aromatic rings. The van der Waals surface area contributed by atoms with Crippen molar-refractivity contribution in [1.29, 1.82) is 0 Å². The molecule has 0 heterocycles. The summed E-state index contributed by atoms with van der Waals surface area (Å²) in [5.41, 5.74) is 0. The predicted molar refractivity (Wildman–Crippen MR) is 58.0 cm³/mol. The highest BCUT2D eigenvalue weighted by Gasteiger charge is 2.37. The van der Waals surface area contributed by atoms with Crippen LogP contribution in [0, 0.1) is 5.92 Å². The Bertz CT molecular complexity index is 301. The molecule has 0 aliphatic rings. The van der Waals surface area contributed by atoms with E-state index in [1.165, 1.54) is 13.8 Å². The van der Waals surface area contributed by atoms with Crippen molar-refractivity contribution in [1.82, 2.24) is 0 Å². The third kappa shape index (κ3) is 3.08. The summed E-state index contributed by atoms with van der Waals surface area (Å²) in [7, 11) is -3.30. The van der Waals surface area contributed by atoms with Crippen molar-refractivity contribution < 1.29 is 13.2 Å². The standard InChI is InChI=1S/C10H20O3S/c1-6-8(2)7-9(11)10(3,4)14(5,12)13/h8H,6-7H2,1-5H3. The lowest BCUT2D eigenvalue weighted by Crippen LogP contribution is -2.40. The van der Waals surface area contributed by atoms with Crippen LogP contribution in [0.1, 0.15) is 40.5 Å². The first-order valence-corrected chi connectivity index (χ1v) is 6.75. The molecule has 0 saturated heterocycles. The maximum Gasteiger partial charge on any atom is 0.159 e. The average molecular weight is 220 g/mol. The molecule has 0 radical (unpaired) electrons. The van der Waals surface area contributed by atoms with Gasteiger partial charge in [-0.2, -0.15) is 0 Å². The Hall–Kier alpha value is -0.380. The van der Waals surface area contributed by atoms with Gasteiger partial charge in [-0.1, -0.05) is 20.3 Å². The molecule has 0 fully saturated rings. The molecule has 0 aromatic carbocycles. The fourth-order valence-electron chi connectivity index (χ4n) is 0.913. The third-order valence-electron chi connectivity index (χ3n) is 2.83. The van der Waals surface area contributed by atoms with Gasteiger partial charge in [-0.05, 0) is 19.8 Å². The molecule has 0 aromatic heterocycles. The van der Waals surface area contributed by atoms with Gasteiger partial charge >= 0.3 is 0 Å². The van der Waals surface area contributed by atoms with Gasteiger partial charge in [0.05, 0.1) is 0 Å². The summed E-state index contributed by atoms with van der Waals surface area (Å²) in [6, 6.07) is 0. The Morgan fingerprint density at radius 1 is 1.36 bits per heavy atom. The zero-order valence-corrected chi connectivity index (χ0v) is 10.4. The highest BCUT2D eigenvalue weighted by molar-refractivity contribution is 7.92. The Balaban J connectivity index is 4.70. The molecule has 0 aliphatic heterocycles. The van der Waals surface area contributed by atoms with Gasteiger partial charge in [-0.15, -0.1) is 0 Å². The summed E-state index contributed by atoms with van der Waals surface area (Å²) >= 11 is 0. The summed E-state index contributed by atoms with van der Waals surface area (Å²) in [6.07, 6.45) is 2.35. The Morgan fingerprint density at radius 3 is 2.07 bits per heavy atom. The summed E-state index contributed by atoms with van der Waals surface area (Å²) in [5, 5.41) is 0. The van der Waals surface area contributed by atoms with E-state index in [0.29, 0.717) is 6.42 Å². The Morgan fingerprint density at radius 2 is 1.79 bits per heavy atom. The normalized spacial score (nSPS) is 15.2. The van der Waals surface area contributed by atoms with E-state index >= 15 is 0 Å². The largest absolute Gasteiger partial charge is 0.298 e. The van der Waals surface area contributed by atoms with E-state index in [9.17, 15) is 13.2 Å². The molecular formula is C10H20O3S. The number of Topliss-reactive ketones (excluding diaryl/α,β-unsaturated/α-hetero) is 1. The van der Waals surface area contributed by atoms with Crippen molar-refractivity contribution >= 4 is 15.6 Å². The van der Waals surface area contributed by atoms with Crippen LogP contribution in [-0.2, 0) is 14.6 Å². The molecule has 0 spiro atoms. The molecular weight excluding hydrogens is 200 g/mol. The SMILES string of the molecule is CCC(C)CC(=O)C(C)(C)S(C)(=O)=O. The van der Waals surface area contributed by atoms with E-state index in [2.05, 4.69) is 0 Å². The second-order valence-corrected chi connectivity index (χ2v) is 6.99. The minimum atomic E-state index is -3.30. The summed E-state index contributed by atoms with van der Waals surface area (Å²) in [4.78, 5) is 11.7. The van der Waals surface area contributed by atoms with Crippen LogP contribution in [0.15, 0.2) is 0 Å². The molecule has 1 unspecified atom stereocenters. The molecule has 0 bridgehead atoms. The van der Waals surface area contributed by atoms with Crippen molar-refractivity contribution in [3.05, 3.63) is 0 Å². The van der Waals surface area contributed by atoms with Gasteiger partial charge in [0.2, 0.25) is 0 Å². The summed E-state index contributed by atoms with van der Waals surface area (Å²) in [6.45, 7) is 6.90. The molecule has 0 amide bonds. The maximum atomic E-state index is 11.7. The maximum absolute atomic E-state index is 11.7. The van der Waals surface area contributed by atoms with Crippen molar-refractivity contribution in [3.8, 4) is 0 Å². The van der Waals surface area contributed by atoms with Crippen LogP contribution in [0.25, 0.3) is 0 Å². The first-order valence-electron chi connectivity index (χ1n) is 4.85. The highest BCUT2D eigenvalue weighted by atomic mass is 32.2.